The van der Waals surface area contributed by atoms with Crippen LogP contribution in [0.3, 0.4) is 0 Å². The molecule has 0 bridgehead atoms. The molecule has 25 heavy (non-hydrogen) atoms. The molecule has 2 heterocycles. The van der Waals surface area contributed by atoms with E-state index in [-0.39, 0.29) is 23.2 Å². The Hall–Kier alpha value is -1.99. The van der Waals surface area contributed by atoms with Crippen molar-refractivity contribution in [2.45, 2.75) is 44.7 Å². The predicted octanol–water partition coefficient (Wildman–Crippen LogP) is 2.49. The maximum Gasteiger partial charge on any atom is 0.282 e. The monoisotopic (exact) mass is 347 g/mol. The number of nitro groups is 1. The number of carbonyl (C=O) groups is 1. The summed E-state index contributed by atoms with van der Waals surface area (Å²) in [7, 11) is 0. The fourth-order valence-electron chi connectivity index (χ4n) is 3.50. The molecule has 0 saturated carbocycles. The minimum Gasteiger partial charge on any atom is -0.381 e. The molecule has 1 amide bonds. The van der Waals surface area contributed by atoms with Crippen LogP contribution in [0.2, 0.25) is 0 Å². The van der Waals surface area contributed by atoms with Crippen LogP contribution < -0.4 is 5.32 Å². The molecule has 2 fully saturated rings. The third-order valence-corrected chi connectivity index (χ3v) is 4.91. The van der Waals surface area contributed by atoms with E-state index in [4.69, 9.17) is 4.74 Å². The highest BCUT2D eigenvalue weighted by Gasteiger charge is 2.24. The van der Waals surface area contributed by atoms with Crippen LogP contribution in [0.25, 0.3) is 0 Å². The summed E-state index contributed by atoms with van der Waals surface area (Å²) in [5.41, 5.74) is 0.975. The Morgan fingerprint density at radius 3 is 2.64 bits per heavy atom. The summed E-state index contributed by atoms with van der Waals surface area (Å²) in [6.07, 6.45) is 5.11. The van der Waals surface area contributed by atoms with Crippen LogP contribution in [-0.4, -0.2) is 48.1 Å². The van der Waals surface area contributed by atoms with Gasteiger partial charge in [0.05, 0.1) is 4.92 Å². The highest BCUT2D eigenvalue weighted by atomic mass is 16.6. The van der Waals surface area contributed by atoms with Crippen LogP contribution in [0.15, 0.2) is 18.2 Å². The van der Waals surface area contributed by atoms with Crippen molar-refractivity contribution in [2.24, 2.45) is 0 Å². The van der Waals surface area contributed by atoms with Gasteiger partial charge in [-0.05, 0) is 50.4 Å². The van der Waals surface area contributed by atoms with Crippen LogP contribution in [0.1, 0.15) is 48.0 Å². The zero-order valence-corrected chi connectivity index (χ0v) is 14.4. The average molecular weight is 347 g/mol. The number of amides is 1. The lowest BCUT2D eigenvalue weighted by molar-refractivity contribution is -0.385. The highest BCUT2D eigenvalue weighted by Crippen LogP contribution is 2.22. The molecule has 1 N–H and O–H groups in total. The summed E-state index contributed by atoms with van der Waals surface area (Å²) in [6.45, 7) is 4.04. The second kappa shape index (κ2) is 8.40. The first-order chi connectivity index (χ1) is 12.1. The smallest absolute Gasteiger partial charge is 0.282 e. The lowest BCUT2D eigenvalue weighted by Gasteiger charge is -2.26. The van der Waals surface area contributed by atoms with Gasteiger partial charge in [0.25, 0.3) is 11.6 Å². The third-order valence-electron chi connectivity index (χ3n) is 4.91. The molecule has 7 nitrogen and oxygen atoms in total. The van der Waals surface area contributed by atoms with E-state index in [1.807, 2.05) is 0 Å². The van der Waals surface area contributed by atoms with Gasteiger partial charge in [0.1, 0.15) is 5.56 Å². The Morgan fingerprint density at radius 2 is 1.96 bits per heavy atom. The van der Waals surface area contributed by atoms with Crippen molar-refractivity contribution in [2.75, 3.05) is 26.3 Å². The molecular formula is C18H25N3O4. The molecule has 1 aromatic carbocycles. The van der Waals surface area contributed by atoms with Crippen molar-refractivity contribution in [1.82, 2.24) is 10.2 Å². The summed E-state index contributed by atoms with van der Waals surface area (Å²) in [5, 5.41) is 14.2. The maximum absolute atomic E-state index is 12.6. The van der Waals surface area contributed by atoms with Gasteiger partial charge < -0.3 is 10.1 Å². The van der Waals surface area contributed by atoms with Crippen LogP contribution in [0.4, 0.5) is 5.69 Å². The number of nitrogens with zero attached hydrogens (tertiary/aromatic N) is 2. The number of piperidine rings is 1. The molecule has 2 saturated heterocycles. The Morgan fingerprint density at radius 1 is 1.24 bits per heavy atom. The standard InChI is InChI=1S/C18H25N3O4/c22-18(19-15-6-10-25-11-7-15)16-12-14(4-5-17(16)21(23)24)13-20-8-2-1-3-9-20/h4-5,12,15H,1-3,6-11,13H2,(H,19,22). The van der Waals surface area contributed by atoms with E-state index in [9.17, 15) is 14.9 Å². The summed E-state index contributed by atoms with van der Waals surface area (Å²) in [5.74, 6) is -0.362. The second-order valence-electron chi connectivity index (χ2n) is 6.81. The zero-order valence-electron chi connectivity index (χ0n) is 14.4. The third kappa shape index (κ3) is 4.76. The van der Waals surface area contributed by atoms with Crippen molar-refractivity contribution >= 4 is 11.6 Å². The van der Waals surface area contributed by atoms with Crippen molar-refractivity contribution < 1.29 is 14.5 Å². The average Bonchev–Trinajstić information content (AvgIpc) is 2.63. The fraction of sp³-hybridized carbons (Fsp3) is 0.611. The SMILES string of the molecule is O=C(NC1CCOCC1)c1cc(CN2CCCCC2)ccc1[N+](=O)[O-]. The summed E-state index contributed by atoms with van der Waals surface area (Å²) in [4.78, 5) is 25.8. The van der Waals surface area contributed by atoms with Crippen LogP contribution in [0.5, 0.6) is 0 Å². The molecule has 0 unspecified atom stereocenters. The van der Waals surface area contributed by atoms with E-state index >= 15 is 0 Å². The van der Waals surface area contributed by atoms with E-state index in [1.165, 1.54) is 25.3 Å². The molecule has 7 heteroatoms. The largest absolute Gasteiger partial charge is 0.381 e. The zero-order chi connectivity index (χ0) is 17.6. The number of hydrogen-bond acceptors (Lipinski definition) is 5. The number of likely N-dealkylation sites (tertiary alicyclic amines) is 1. The van der Waals surface area contributed by atoms with Gasteiger partial charge in [0.2, 0.25) is 0 Å². The number of nitro benzene ring substituents is 1. The van der Waals surface area contributed by atoms with Crippen molar-refractivity contribution in [3.63, 3.8) is 0 Å². The minimum atomic E-state index is -0.483. The lowest BCUT2D eigenvalue weighted by Crippen LogP contribution is -2.39. The van der Waals surface area contributed by atoms with E-state index in [0.29, 0.717) is 13.2 Å². The maximum atomic E-state index is 12.6. The normalized spacial score (nSPS) is 19.5. The Bertz CT molecular complexity index is 623. The minimum absolute atomic E-state index is 0.0200. The van der Waals surface area contributed by atoms with Gasteiger partial charge in [-0.2, -0.15) is 0 Å². The van der Waals surface area contributed by atoms with E-state index in [1.54, 1.807) is 12.1 Å². The van der Waals surface area contributed by atoms with E-state index in [2.05, 4.69) is 10.2 Å². The highest BCUT2D eigenvalue weighted by molar-refractivity contribution is 5.98. The van der Waals surface area contributed by atoms with Crippen molar-refractivity contribution in [1.29, 1.82) is 0 Å². The predicted molar refractivity (Wildman–Crippen MR) is 93.5 cm³/mol. The number of hydrogen-bond donors (Lipinski definition) is 1. The van der Waals surface area contributed by atoms with Crippen molar-refractivity contribution in [3.05, 3.63) is 39.4 Å². The molecule has 1 aromatic rings. The number of ether oxygens (including phenoxy) is 1. The number of rotatable bonds is 5. The Labute approximate surface area is 147 Å². The molecule has 0 radical (unpaired) electrons. The van der Waals surface area contributed by atoms with Crippen LogP contribution >= 0.6 is 0 Å². The quantitative estimate of drug-likeness (QED) is 0.653. The van der Waals surface area contributed by atoms with Gasteiger partial charge in [0, 0.05) is 31.9 Å². The molecule has 0 atom stereocenters. The molecule has 0 aliphatic carbocycles. The number of benzene rings is 1. The van der Waals surface area contributed by atoms with E-state index < -0.39 is 4.92 Å². The van der Waals surface area contributed by atoms with Gasteiger partial charge in [0.15, 0.2) is 0 Å². The Kier molecular flexibility index (Phi) is 5.99. The van der Waals surface area contributed by atoms with Crippen LogP contribution in [-0.2, 0) is 11.3 Å². The Balaban J connectivity index is 1.75. The molecule has 2 aliphatic rings. The van der Waals surface area contributed by atoms with Gasteiger partial charge in [-0.3, -0.25) is 19.8 Å². The number of carbonyl (C=O) groups excluding carboxylic acids is 1. The van der Waals surface area contributed by atoms with Crippen LogP contribution in [0, 0.1) is 10.1 Å². The molecule has 136 valence electrons. The van der Waals surface area contributed by atoms with Crippen molar-refractivity contribution in [3.8, 4) is 0 Å². The van der Waals surface area contributed by atoms with Gasteiger partial charge >= 0.3 is 0 Å². The molecule has 2 aliphatic heterocycles. The summed E-state index contributed by atoms with van der Waals surface area (Å²) in [6, 6.07) is 4.92. The lowest BCUT2D eigenvalue weighted by atomic mass is 10.0. The summed E-state index contributed by atoms with van der Waals surface area (Å²) >= 11 is 0. The van der Waals surface area contributed by atoms with E-state index in [0.717, 1.165) is 38.0 Å². The fourth-order valence-corrected chi connectivity index (χ4v) is 3.50. The molecule has 0 spiro atoms. The first kappa shape index (κ1) is 17.8. The molecule has 3 rings (SSSR count). The second-order valence-corrected chi connectivity index (χ2v) is 6.81. The summed E-state index contributed by atoms with van der Waals surface area (Å²) < 4.78 is 5.29. The molecular weight excluding hydrogens is 322 g/mol. The topological polar surface area (TPSA) is 84.7 Å². The molecule has 0 aromatic heterocycles. The van der Waals surface area contributed by atoms with Gasteiger partial charge in [-0.1, -0.05) is 12.5 Å². The van der Waals surface area contributed by atoms with Gasteiger partial charge in [-0.25, -0.2) is 0 Å². The first-order valence-electron chi connectivity index (χ1n) is 9.02. The van der Waals surface area contributed by atoms with Gasteiger partial charge in [-0.15, -0.1) is 0 Å². The number of nitrogens with one attached hydrogen (secondary N) is 1. The first-order valence-corrected chi connectivity index (χ1v) is 9.02.